The number of nitrogens with one attached hydrogen (secondary N) is 1. The summed E-state index contributed by atoms with van der Waals surface area (Å²) >= 11 is 0. The molecule has 0 radical (unpaired) electrons. The molecule has 0 spiro atoms. The predicted molar refractivity (Wildman–Crippen MR) is 134 cm³/mol. The molecule has 3 aromatic carbocycles. The molecule has 0 aliphatic carbocycles. The number of para-hydroxylation sites is 2. The molecule has 180 valence electrons. The van der Waals surface area contributed by atoms with Crippen LogP contribution in [0.5, 0.6) is 11.5 Å². The number of hydrogen-bond donors (Lipinski definition) is 1. The summed E-state index contributed by atoms with van der Waals surface area (Å²) in [6, 6.07) is 21.1. The van der Waals surface area contributed by atoms with Crippen LogP contribution in [-0.2, 0) is 10.0 Å². The summed E-state index contributed by atoms with van der Waals surface area (Å²) in [7, 11) is -3.70. The van der Waals surface area contributed by atoms with Gasteiger partial charge < -0.3 is 14.5 Å². The van der Waals surface area contributed by atoms with Gasteiger partial charge in [0.05, 0.1) is 10.6 Å². The van der Waals surface area contributed by atoms with Gasteiger partial charge in [-0.1, -0.05) is 42.8 Å². The van der Waals surface area contributed by atoms with Crippen molar-refractivity contribution < 1.29 is 22.4 Å². The maximum atomic E-state index is 13.3. The number of piperidine rings is 1. The average Bonchev–Trinajstić information content (AvgIpc) is 3.23. The Hall–Kier alpha value is -3.62. The van der Waals surface area contributed by atoms with Gasteiger partial charge in [-0.15, -0.1) is 0 Å². The van der Waals surface area contributed by atoms with E-state index in [1.807, 2.05) is 43.3 Å². The SMILES string of the molecule is Cc1c(C(=O)Nc2cc(S(=O)(=O)N3CCCCC3)ccc2Oc2ccccc2)oc2ccccc12. The number of nitrogens with zero attached hydrogens (tertiary/aromatic N) is 1. The highest BCUT2D eigenvalue weighted by molar-refractivity contribution is 7.89. The van der Waals surface area contributed by atoms with Crippen molar-refractivity contribution in [2.24, 2.45) is 0 Å². The summed E-state index contributed by atoms with van der Waals surface area (Å²) in [5, 5.41) is 3.67. The molecule has 4 aromatic rings. The largest absolute Gasteiger partial charge is 0.455 e. The fraction of sp³-hybridized carbons (Fsp3) is 0.222. The number of carbonyl (C=O) groups is 1. The Balaban J connectivity index is 1.52. The lowest BCUT2D eigenvalue weighted by Crippen LogP contribution is -2.35. The van der Waals surface area contributed by atoms with Crippen LogP contribution in [0.25, 0.3) is 11.0 Å². The van der Waals surface area contributed by atoms with Crippen LogP contribution in [-0.4, -0.2) is 31.7 Å². The molecule has 0 saturated carbocycles. The summed E-state index contributed by atoms with van der Waals surface area (Å²) in [5.41, 5.74) is 1.56. The molecule has 1 N–H and O–H groups in total. The van der Waals surface area contributed by atoms with Gasteiger partial charge in [0.15, 0.2) is 11.5 Å². The minimum absolute atomic E-state index is 0.108. The molecule has 7 nitrogen and oxygen atoms in total. The molecule has 1 amide bonds. The van der Waals surface area contributed by atoms with Crippen LogP contribution >= 0.6 is 0 Å². The number of sulfonamides is 1. The molecule has 0 unspecified atom stereocenters. The van der Waals surface area contributed by atoms with E-state index >= 15 is 0 Å². The van der Waals surface area contributed by atoms with Gasteiger partial charge in [0.2, 0.25) is 10.0 Å². The number of furan rings is 1. The van der Waals surface area contributed by atoms with Crippen molar-refractivity contribution in [3.05, 3.63) is 84.1 Å². The average molecular weight is 491 g/mol. The molecule has 0 bridgehead atoms. The highest BCUT2D eigenvalue weighted by Crippen LogP contribution is 2.34. The van der Waals surface area contributed by atoms with E-state index in [1.54, 1.807) is 24.3 Å². The molecule has 1 aliphatic heterocycles. The number of aryl methyl sites for hydroxylation is 1. The first-order chi connectivity index (χ1) is 16.9. The normalized spacial score (nSPS) is 14.7. The summed E-state index contributed by atoms with van der Waals surface area (Å²) in [5.74, 6) is 0.579. The monoisotopic (exact) mass is 490 g/mol. The van der Waals surface area contributed by atoms with E-state index in [0.29, 0.717) is 35.7 Å². The van der Waals surface area contributed by atoms with E-state index < -0.39 is 15.9 Å². The third-order valence-corrected chi connectivity index (χ3v) is 8.07. The van der Waals surface area contributed by atoms with Crippen LogP contribution in [0.3, 0.4) is 0 Å². The number of amides is 1. The van der Waals surface area contributed by atoms with E-state index in [4.69, 9.17) is 9.15 Å². The highest BCUT2D eigenvalue weighted by Gasteiger charge is 2.27. The molecule has 1 aliphatic rings. The van der Waals surface area contributed by atoms with Crippen LogP contribution in [0.15, 0.2) is 82.1 Å². The van der Waals surface area contributed by atoms with Crippen molar-refractivity contribution in [2.45, 2.75) is 31.1 Å². The molecular formula is C27H26N2O5S. The van der Waals surface area contributed by atoms with Crippen molar-refractivity contribution in [1.82, 2.24) is 4.31 Å². The van der Waals surface area contributed by atoms with E-state index in [-0.39, 0.29) is 16.3 Å². The summed E-state index contributed by atoms with van der Waals surface area (Å²) in [6.07, 6.45) is 2.70. The Morgan fingerprint density at radius 1 is 0.943 bits per heavy atom. The van der Waals surface area contributed by atoms with E-state index in [9.17, 15) is 13.2 Å². The molecular weight excluding hydrogens is 464 g/mol. The van der Waals surface area contributed by atoms with Crippen molar-refractivity contribution in [3.63, 3.8) is 0 Å². The first kappa shape index (κ1) is 23.1. The van der Waals surface area contributed by atoms with Crippen molar-refractivity contribution >= 4 is 32.6 Å². The Bertz CT molecular complexity index is 1470. The summed E-state index contributed by atoms with van der Waals surface area (Å²) in [6.45, 7) is 2.80. The molecule has 0 atom stereocenters. The maximum Gasteiger partial charge on any atom is 0.291 e. The zero-order valence-corrected chi connectivity index (χ0v) is 20.2. The van der Waals surface area contributed by atoms with Gasteiger partial charge in [0, 0.05) is 24.0 Å². The van der Waals surface area contributed by atoms with E-state index in [2.05, 4.69) is 5.32 Å². The Morgan fingerprint density at radius 2 is 1.66 bits per heavy atom. The van der Waals surface area contributed by atoms with Gasteiger partial charge in [-0.25, -0.2) is 8.42 Å². The zero-order valence-electron chi connectivity index (χ0n) is 19.4. The number of ether oxygens (including phenoxy) is 1. The van der Waals surface area contributed by atoms with Crippen molar-refractivity contribution in [3.8, 4) is 11.5 Å². The fourth-order valence-electron chi connectivity index (χ4n) is 4.30. The standard InChI is InChI=1S/C27H26N2O5S/c1-19-22-12-6-7-13-24(22)34-26(19)27(30)28-23-18-21(35(31,32)29-16-8-3-9-17-29)14-15-25(23)33-20-10-4-2-5-11-20/h2,4-7,10-15,18H,3,8-9,16-17H2,1H3,(H,28,30). The fourth-order valence-corrected chi connectivity index (χ4v) is 5.84. The number of fused-ring (bicyclic) bond motifs is 1. The molecule has 1 aromatic heterocycles. The molecule has 1 fully saturated rings. The second-order valence-corrected chi connectivity index (χ2v) is 10.5. The minimum Gasteiger partial charge on any atom is -0.455 e. The van der Waals surface area contributed by atoms with Crippen LogP contribution in [0, 0.1) is 6.92 Å². The first-order valence-corrected chi connectivity index (χ1v) is 13.0. The Labute approximate surface area is 204 Å². The van der Waals surface area contributed by atoms with Crippen molar-refractivity contribution in [1.29, 1.82) is 0 Å². The third kappa shape index (κ3) is 4.67. The third-order valence-electron chi connectivity index (χ3n) is 6.17. The van der Waals surface area contributed by atoms with Gasteiger partial charge in [-0.05, 0) is 56.2 Å². The smallest absolute Gasteiger partial charge is 0.291 e. The van der Waals surface area contributed by atoms with Gasteiger partial charge in [-0.2, -0.15) is 4.31 Å². The topological polar surface area (TPSA) is 88.9 Å². The van der Waals surface area contributed by atoms with Gasteiger partial charge >= 0.3 is 0 Å². The van der Waals surface area contributed by atoms with Gasteiger partial charge in [0.1, 0.15) is 11.3 Å². The first-order valence-electron chi connectivity index (χ1n) is 11.6. The summed E-state index contributed by atoms with van der Waals surface area (Å²) < 4.78 is 39.9. The maximum absolute atomic E-state index is 13.3. The molecule has 5 rings (SSSR count). The Kier molecular flexibility index (Phi) is 6.32. The number of rotatable bonds is 6. The predicted octanol–water partition coefficient (Wildman–Crippen LogP) is 5.96. The lowest BCUT2D eigenvalue weighted by Gasteiger charge is -2.26. The Morgan fingerprint density at radius 3 is 2.40 bits per heavy atom. The van der Waals surface area contributed by atoms with E-state index in [1.165, 1.54) is 16.4 Å². The summed E-state index contributed by atoms with van der Waals surface area (Å²) in [4.78, 5) is 13.4. The number of carbonyl (C=O) groups excluding carboxylic acids is 1. The molecule has 35 heavy (non-hydrogen) atoms. The second-order valence-electron chi connectivity index (χ2n) is 8.54. The van der Waals surface area contributed by atoms with Crippen LogP contribution < -0.4 is 10.1 Å². The quantitative estimate of drug-likeness (QED) is 0.360. The molecule has 1 saturated heterocycles. The lowest BCUT2D eigenvalue weighted by atomic mass is 10.1. The number of anilines is 1. The second kappa shape index (κ2) is 9.56. The van der Waals surface area contributed by atoms with E-state index in [0.717, 1.165) is 24.6 Å². The molecule has 8 heteroatoms. The van der Waals surface area contributed by atoms with Crippen LogP contribution in [0.2, 0.25) is 0 Å². The van der Waals surface area contributed by atoms with Crippen LogP contribution in [0.4, 0.5) is 5.69 Å². The van der Waals surface area contributed by atoms with Crippen molar-refractivity contribution in [2.75, 3.05) is 18.4 Å². The molecule has 2 heterocycles. The number of hydrogen-bond acceptors (Lipinski definition) is 5. The van der Waals surface area contributed by atoms with Crippen LogP contribution in [0.1, 0.15) is 35.4 Å². The number of benzene rings is 3. The minimum atomic E-state index is -3.70. The zero-order chi connectivity index (χ0) is 24.4. The van der Waals surface area contributed by atoms with Gasteiger partial charge in [0.25, 0.3) is 5.91 Å². The lowest BCUT2D eigenvalue weighted by molar-refractivity contribution is 0.0997. The van der Waals surface area contributed by atoms with Gasteiger partial charge in [-0.3, -0.25) is 4.79 Å². The highest BCUT2D eigenvalue weighted by atomic mass is 32.2.